The Balaban J connectivity index is 1.81. The van der Waals surface area contributed by atoms with Gasteiger partial charge in [-0.15, -0.1) is 0 Å². The van der Waals surface area contributed by atoms with E-state index in [0.717, 1.165) is 22.6 Å². The van der Waals surface area contributed by atoms with Gasteiger partial charge < -0.3 is 15.2 Å². The molecule has 5 heteroatoms. The van der Waals surface area contributed by atoms with Gasteiger partial charge in [0.1, 0.15) is 5.76 Å². The maximum atomic E-state index is 11.9. The van der Waals surface area contributed by atoms with E-state index in [0.29, 0.717) is 13.0 Å². The highest BCUT2D eigenvalue weighted by Gasteiger charge is 2.14. The fraction of sp³-hybridized carbons (Fsp3) is 0.412. The van der Waals surface area contributed by atoms with Crippen molar-refractivity contribution in [2.75, 3.05) is 0 Å². The van der Waals surface area contributed by atoms with E-state index >= 15 is 0 Å². The van der Waals surface area contributed by atoms with E-state index in [1.54, 1.807) is 0 Å². The zero-order valence-corrected chi connectivity index (χ0v) is 13.6. The van der Waals surface area contributed by atoms with Crippen LogP contribution in [0.2, 0.25) is 0 Å². The fourth-order valence-corrected chi connectivity index (χ4v) is 2.43. The summed E-state index contributed by atoms with van der Waals surface area (Å²) in [6.07, 6.45) is 0.707. The molecule has 0 spiro atoms. The van der Waals surface area contributed by atoms with Crippen molar-refractivity contribution in [1.29, 1.82) is 0 Å². The predicted octanol–water partition coefficient (Wildman–Crippen LogP) is 3.03. The van der Waals surface area contributed by atoms with Gasteiger partial charge in [0.15, 0.2) is 0 Å². The van der Waals surface area contributed by atoms with Gasteiger partial charge in [0, 0.05) is 18.2 Å². The van der Waals surface area contributed by atoms with Gasteiger partial charge in [0.25, 0.3) is 0 Å². The molecule has 0 saturated heterocycles. The summed E-state index contributed by atoms with van der Waals surface area (Å²) in [6, 6.07) is 7.93. The van der Waals surface area contributed by atoms with E-state index in [1.165, 1.54) is 5.56 Å². The molecule has 1 atom stereocenters. The number of amides is 2. The van der Waals surface area contributed by atoms with Crippen molar-refractivity contribution in [3.63, 3.8) is 0 Å². The molecule has 1 unspecified atom stereocenters. The number of nitrogens with one attached hydrogen (secondary N) is 2. The summed E-state index contributed by atoms with van der Waals surface area (Å²) >= 11 is 0. The van der Waals surface area contributed by atoms with Crippen LogP contribution in [0.25, 0.3) is 0 Å². The second kappa shape index (κ2) is 7.11. The lowest BCUT2D eigenvalue weighted by Gasteiger charge is -2.14. The van der Waals surface area contributed by atoms with Crippen LogP contribution in [-0.4, -0.2) is 17.2 Å². The summed E-state index contributed by atoms with van der Waals surface area (Å²) < 4.78 is 5.14. The molecule has 2 N–H and O–H groups in total. The molecule has 0 aliphatic carbocycles. The third-order valence-corrected chi connectivity index (χ3v) is 3.60. The zero-order valence-electron chi connectivity index (χ0n) is 13.6. The molecule has 1 aromatic carbocycles. The second-order valence-corrected chi connectivity index (χ2v) is 5.72. The average molecular weight is 301 g/mol. The number of carbonyl (C=O) groups excluding carboxylic acids is 1. The molecule has 0 fully saturated rings. The first kappa shape index (κ1) is 16.1. The van der Waals surface area contributed by atoms with E-state index in [1.807, 2.05) is 45.9 Å². The normalized spacial score (nSPS) is 12.0. The number of benzene rings is 1. The minimum atomic E-state index is -0.166. The number of aromatic nitrogens is 1. The Morgan fingerprint density at radius 3 is 2.73 bits per heavy atom. The molecule has 0 bridgehead atoms. The van der Waals surface area contributed by atoms with Crippen LogP contribution in [0.15, 0.2) is 28.8 Å². The van der Waals surface area contributed by atoms with Gasteiger partial charge in [-0.3, -0.25) is 0 Å². The summed E-state index contributed by atoms with van der Waals surface area (Å²) in [5.41, 5.74) is 4.22. The zero-order chi connectivity index (χ0) is 16.1. The van der Waals surface area contributed by atoms with Crippen molar-refractivity contribution in [2.24, 2.45) is 0 Å². The Bertz CT molecular complexity index is 630. The van der Waals surface area contributed by atoms with Crippen LogP contribution < -0.4 is 10.6 Å². The Hall–Kier alpha value is -2.30. The molecule has 1 heterocycles. The third-order valence-electron chi connectivity index (χ3n) is 3.60. The van der Waals surface area contributed by atoms with E-state index in [-0.39, 0.29) is 12.1 Å². The summed E-state index contributed by atoms with van der Waals surface area (Å²) in [6.45, 7) is 8.33. The first-order chi connectivity index (χ1) is 10.5. The number of rotatable bonds is 5. The van der Waals surface area contributed by atoms with Gasteiger partial charge in [0.2, 0.25) is 0 Å². The summed E-state index contributed by atoms with van der Waals surface area (Å²) in [5.74, 6) is 0.811. The topological polar surface area (TPSA) is 67.2 Å². The van der Waals surface area contributed by atoms with Crippen LogP contribution in [0, 0.1) is 20.8 Å². The number of aryl methyl sites for hydroxylation is 3. The second-order valence-electron chi connectivity index (χ2n) is 5.72. The van der Waals surface area contributed by atoms with Crippen molar-refractivity contribution in [3.8, 4) is 0 Å². The minimum absolute atomic E-state index is 0.00862. The lowest BCUT2D eigenvalue weighted by molar-refractivity contribution is 0.237. The molecule has 118 valence electrons. The monoisotopic (exact) mass is 301 g/mol. The highest BCUT2D eigenvalue weighted by molar-refractivity contribution is 5.74. The van der Waals surface area contributed by atoms with E-state index in [2.05, 4.69) is 21.9 Å². The predicted molar refractivity (Wildman–Crippen MR) is 85.7 cm³/mol. The smallest absolute Gasteiger partial charge is 0.315 e. The summed E-state index contributed by atoms with van der Waals surface area (Å²) in [5, 5.41) is 9.74. The van der Waals surface area contributed by atoms with Crippen molar-refractivity contribution in [1.82, 2.24) is 15.8 Å². The molecule has 2 amide bonds. The quantitative estimate of drug-likeness (QED) is 0.892. The third kappa shape index (κ3) is 4.35. The van der Waals surface area contributed by atoms with Gasteiger partial charge in [-0.05, 0) is 39.7 Å². The van der Waals surface area contributed by atoms with Crippen LogP contribution in [0.1, 0.15) is 35.1 Å². The molecule has 0 saturated carbocycles. The van der Waals surface area contributed by atoms with E-state index in [9.17, 15) is 4.79 Å². The highest BCUT2D eigenvalue weighted by Crippen LogP contribution is 2.14. The number of nitrogens with zero attached hydrogens (tertiary/aromatic N) is 1. The molecular formula is C17H23N3O2. The van der Waals surface area contributed by atoms with Crippen LogP contribution in [0.3, 0.4) is 0 Å². The molecule has 5 nitrogen and oxygen atoms in total. The molecule has 1 aromatic heterocycles. The van der Waals surface area contributed by atoms with Crippen LogP contribution in [0.5, 0.6) is 0 Å². The first-order valence-corrected chi connectivity index (χ1v) is 7.47. The van der Waals surface area contributed by atoms with Crippen LogP contribution in [0.4, 0.5) is 4.79 Å². The highest BCUT2D eigenvalue weighted by atomic mass is 16.5. The van der Waals surface area contributed by atoms with E-state index < -0.39 is 0 Å². The fourth-order valence-electron chi connectivity index (χ4n) is 2.43. The Morgan fingerprint density at radius 1 is 1.32 bits per heavy atom. The van der Waals surface area contributed by atoms with Crippen molar-refractivity contribution < 1.29 is 9.32 Å². The summed E-state index contributed by atoms with van der Waals surface area (Å²) in [7, 11) is 0. The standard InChI is InChI=1S/C17H23N3O2/c1-11-6-5-7-15(8-11)10-18-17(21)19-12(2)9-16-13(3)20-22-14(16)4/h5-8,12H,9-10H2,1-4H3,(H2,18,19,21). The first-order valence-electron chi connectivity index (χ1n) is 7.47. The Kier molecular flexibility index (Phi) is 5.20. The van der Waals surface area contributed by atoms with Crippen molar-refractivity contribution in [3.05, 3.63) is 52.4 Å². The SMILES string of the molecule is Cc1cccc(CNC(=O)NC(C)Cc2c(C)noc2C)c1. The number of hydrogen-bond acceptors (Lipinski definition) is 3. The lowest BCUT2D eigenvalue weighted by atomic mass is 10.1. The van der Waals surface area contributed by atoms with Gasteiger partial charge >= 0.3 is 6.03 Å². The molecule has 2 rings (SSSR count). The Morgan fingerprint density at radius 2 is 2.09 bits per heavy atom. The van der Waals surface area contributed by atoms with Crippen molar-refractivity contribution in [2.45, 2.75) is 46.7 Å². The average Bonchev–Trinajstić information content (AvgIpc) is 2.77. The molecule has 2 aromatic rings. The molecule has 22 heavy (non-hydrogen) atoms. The maximum Gasteiger partial charge on any atom is 0.315 e. The maximum absolute atomic E-state index is 11.9. The summed E-state index contributed by atoms with van der Waals surface area (Å²) in [4.78, 5) is 11.9. The largest absolute Gasteiger partial charge is 0.361 e. The van der Waals surface area contributed by atoms with E-state index in [4.69, 9.17) is 4.52 Å². The number of urea groups is 1. The van der Waals surface area contributed by atoms with Gasteiger partial charge in [-0.1, -0.05) is 35.0 Å². The van der Waals surface area contributed by atoms with Crippen LogP contribution >= 0.6 is 0 Å². The molecular weight excluding hydrogens is 278 g/mol. The molecule has 0 aliphatic heterocycles. The lowest BCUT2D eigenvalue weighted by Crippen LogP contribution is -2.41. The number of hydrogen-bond donors (Lipinski definition) is 2. The minimum Gasteiger partial charge on any atom is -0.361 e. The van der Waals surface area contributed by atoms with Gasteiger partial charge in [0.05, 0.1) is 5.69 Å². The van der Waals surface area contributed by atoms with Crippen molar-refractivity contribution >= 4 is 6.03 Å². The van der Waals surface area contributed by atoms with Gasteiger partial charge in [-0.2, -0.15) is 0 Å². The molecule has 0 radical (unpaired) electrons. The van der Waals surface area contributed by atoms with Crippen LogP contribution in [-0.2, 0) is 13.0 Å². The molecule has 0 aliphatic rings. The number of carbonyl (C=O) groups is 1. The Labute approximate surface area is 131 Å². The van der Waals surface area contributed by atoms with Gasteiger partial charge in [-0.25, -0.2) is 4.79 Å².